The normalized spacial score (nSPS) is 10.1. The van der Waals surface area contributed by atoms with E-state index in [9.17, 15) is 0 Å². The molecule has 0 atom stereocenters. The third-order valence-electron chi connectivity index (χ3n) is 2.41. The van der Waals surface area contributed by atoms with Crippen molar-refractivity contribution >= 4 is 15.9 Å². The van der Waals surface area contributed by atoms with Gasteiger partial charge in [0.25, 0.3) is 0 Å². The molecule has 0 aliphatic carbocycles. The van der Waals surface area contributed by atoms with Gasteiger partial charge in [0.15, 0.2) is 0 Å². The lowest BCUT2D eigenvalue weighted by Crippen LogP contribution is -2.00. The first-order valence-electron chi connectivity index (χ1n) is 4.86. The van der Waals surface area contributed by atoms with Gasteiger partial charge in [0.1, 0.15) is 16.5 Å². The van der Waals surface area contributed by atoms with Crippen molar-refractivity contribution in [1.29, 1.82) is 5.26 Å². The number of benzene rings is 1. The highest BCUT2D eigenvalue weighted by Crippen LogP contribution is 2.24. The molecule has 4 heteroatoms. The molecule has 0 saturated heterocycles. The third-order valence-corrected chi connectivity index (χ3v) is 3.34. The molecule has 0 amide bonds. The van der Waals surface area contributed by atoms with Gasteiger partial charge in [0.05, 0.1) is 16.9 Å². The average molecular weight is 276 g/mol. The summed E-state index contributed by atoms with van der Waals surface area (Å²) in [5.41, 5.74) is 2.42. The van der Waals surface area contributed by atoms with Gasteiger partial charge in [-0.2, -0.15) is 5.26 Å². The van der Waals surface area contributed by atoms with E-state index in [4.69, 9.17) is 5.26 Å². The number of nitriles is 1. The molecule has 1 aromatic carbocycles. The maximum atomic E-state index is 9.07. The first kappa shape index (κ1) is 10.9. The Labute approximate surface area is 102 Å². The molecule has 0 spiro atoms. The van der Waals surface area contributed by atoms with E-state index in [1.165, 1.54) is 0 Å². The second kappa shape index (κ2) is 4.11. The van der Waals surface area contributed by atoms with Gasteiger partial charge in [0.2, 0.25) is 0 Å². The number of nitrogens with zero attached hydrogens (tertiary/aromatic N) is 3. The highest BCUT2D eigenvalue weighted by Gasteiger charge is 2.12. The molecule has 1 heterocycles. The van der Waals surface area contributed by atoms with Crippen LogP contribution < -0.4 is 0 Å². The predicted molar refractivity (Wildman–Crippen MR) is 65.5 cm³/mol. The molecule has 0 bridgehead atoms. The topological polar surface area (TPSA) is 41.6 Å². The van der Waals surface area contributed by atoms with Crippen molar-refractivity contribution in [2.75, 3.05) is 0 Å². The zero-order valence-electron chi connectivity index (χ0n) is 9.03. The van der Waals surface area contributed by atoms with E-state index >= 15 is 0 Å². The monoisotopic (exact) mass is 275 g/mol. The number of imidazole rings is 1. The Bertz CT molecular complexity index is 578. The second-order valence-corrected chi connectivity index (χ2v) is 4.25. The van der Waals surface area contributed by atoms with Crippen LogP contribution >= 0.6 is 15.9 Å². The van der Waals surface area contributed by atoms with E-state index in [2.05, 4.69) is 27.0 Å². The lowest BCUT2D eigenvalue weighted by molar-refractivity contribution is 0.953. The molecule has 2 aromatic rings. The average Bonchev–Trinajstić information content (AvgIpc) is 2.53. The Morgan fingerprint density at radius 3 is 2.56 bits per heavy atom. The summed E-state index contributed by atoms with van der Waals surface area (Å²) < 4.78 is 2.83. The molecule has 0 saturated carbocycles. The van der Waals surface area contributed by atoms with Gasteiger partial charge >= 0.3 is 0 Å². The van der Waals surface area contributed by atoms with E-state index in [0.717, 1.165) is 21.8 Å². The number of halogens is 1. The fraction of sp³-hybridized carbons (Fsp3) is 0.167. The number of aryl methyl sites for hydroxylation is 2. The van der Waals surface area contributed by atoms with Crippen molar-refractivity contribution in [2.24, 2.45) is 0 Å². The smallest absolute Gasteiger partial charge is 0.112 e. The first-order chi connectivity index (χ1) is 7.65. The number of aromatic nitrogens is 2. The molecule has 0 unspecified atom stereocenters. The predicted octanol–water partition coefficient (Wildman–Crippen LogP) is 3.12. The molecule has 1 aromatic heterocycles. The molecule has 80 valence electrons. The zero-order valence-corrected chi connectivity index (χ0v) is 10.6. The number of hydrogen-bond donors (Lipinski definition) is 0. The van der Waals surface area contributed by atoms with Crippen LogP contribution in [0.2, 0.25) is 0 Å². The van der Waals surface area contributed by atoms with Gasteiger partial charge in [-0.3, -0.25) is 4.57 Å². The van der Waals surface area contributed by atoms with Crippen molar-refractivity contribution in [3.63, 3.8) is 0 Å². The highest BCUT2D eigenvalue weighted by molar-refractivity contribution is 9.10. The minimum atomic E-state index is 0.642. The summed E-state index contributed by atoms with van der Waals surface area (Å²) in [5.74, 6) is 0.868. The Kier molecular flexibility index (Phi) is 2.80. The summed E-state index contributed by atoms with van der Waals surface area (Å²) in [6.45, 7) is 3.86. The lowest BCUT2D eigenvalue weighted by atomic mass is 10.2. The summed E-state index contributed by atoms with van der Waals surface area (Å²) in [5, 5.41) is 9.07. The van der Waals surface area contributed by atoms with Gasteiger partial charge in [-0.1, -0.05) is 12.1 Å². The van der Waals surface area contributed by atoms with Crippen LogP contribution in [0.15, 0.2) is 28.9 Å². The molecule has 16 heavy (non-hydrogen) atoms. The van der Waals surface area contributed by atoms with Gasteiger partial charge in [0, 0.05) is 0 Å². The van der Waals surface area contributed by atoms with Crippen molar-refractivity contribution in [1.82, 2.24) is 9.55 Å². The minimum Gasteiger partial charge on any atom is -0.289 e. The van der Waals surface area contributed by atoms with E-state index in [-0.39, 0.29) is 0 Å². The van der Waals surface area contributed by atoms with Crippen LogP contribution in [0.25, 0.3) is 5.69 Å². The van der Waals surface area contributed by atoms with Crippen LogP contribution in [0, 0.1) is 25.2 Å². The van der Waals surface area contributed by atoms with Crippen LogP contribution in [0.4, 0.5) is 0 Å². The highest BCUT2D eigenvalue weighted by atomic mass is 79.9. The Balaban J connectivity index is 2.73. The van der Waals surface area contributed by atoms with Crippen molar-refractivity contribution in [3.05, 3.63) is 46.0 Å². The van der Waals surface area contributed by atoms with Crippen molar-refractivity contribution in [2.45, 2.75) is 13.8 Å². The van der Waals surface area contributed by atoms with Gasteiger partial charge in [-0.15, -0.1) is 0 Å². The summed E-state index contributed by atoms with van der Waals surface area (Å²) in [6.07, 6.45) is 0. The molecular weight excluding hydrogens is 266 g/mol. The van der Waals surface area contributed by atoms with Crippen molar-refractivity contribution in [3.8, 4) is 11.8 Å². The maximum absolute atomic E-state index is 9.07. The SMILES string of the molecule is Cc1nc(C)n(-c2ccccc2C#N)c1Br. The largest absolute Gasteiger partial charge is 0.289 e. The van der Waals surface area contributed by atoms with Crippen LogP contribution in [0.3, 0.4) is 0 Å². The Hall–Kier alpha value is -1.60. The van der Waals surface area contributed by atoms with Crippen LogP contribution in [0.1, 0.15) is 17.1 Å². The fourth-order valence-electron chi connectivity index (χ4n) is 1.69. The lowest BCUT2D eigenvalue weighted by Gasteiger charge is -2.08. The molecule has 0 aliphatic rings. The summed E-state index contributed by atoms with van der Waals surface area (Å²) >= 11 is 3.49. The van der Waals surface area contributed by atoms with E-state index in [0.29, 0.717) is 5.56 Å². The number of rotatable bonds is 1. The van der Waals surface area contributed by atoms with Crippen molar-refractivity contribution < 1.29 is 0 Å². The maximum Gasteiger partial charge on any atom is 0.112 e. The second-order valence-electron chi connectivity index (χ2n) is 3.50. The third kappa shape index (κ3) is 1.63. The van der Waals surface area contributed by atoms with Gasteiger partial charge < -0.3 is 0 Å². The summed E-state index contributed by atoms with van der Waals surface area (Å²) in [7, 11) is 0. The summed E-state index contributed by atoms with van der Waals surface area (Å²) in [6, 6.07) is 9.67. The van der Waals surface area contributed by atoms with Gasteiger partial charge in [-0.05, 0) is 41.9 Å². The van der Waals surface area contributed by atoms with Crippen LogP contribution in [-0.2, 0) is 0 Å². The van der Waals surface area contributed by atoms with E-state index in [1.807, 2.05) is 36.6 Å². The zero-order chi connectivity index (χ0) is 11.7. The molecule has 0 N–H and O–H groups in total. The minimum absolute atomic E-state index is 0.642. The molecule has 0 fully saturated rings. The quantitative estimate of drug-likeness (QED) is 0.803. The Morgan fingerprint density at radius 1 is 1.31 bits per heavy atom. The Morgan fingerprint density at radius 2 is 2.00 bits per heavy atom. The van der Waals surface area contributed by atoms with E-state index < -0.39 is 0 Å². The molecule has 2 rings (SSSR count). The number of para-hydroxylation sites is 1. The summed E-state index contributed by atoms with van der Waals surface area (Å²) in [4.78, 5) is 4.37. The first-order valence-corrected chi connectivity index (χ1v) is 5.65. The van der Waals surface area contributed by atoms with Gasteiger partial charge in [-0.25, -0.2) is 4.98 Å². The molecule has 0 aliphatic heterocycles. The molecular formula is C12H10BrN3. The van der Waals surface area contributed by atoms with Crippen LogP contribution in [0.5, 0.6) is 0 Å². The van der Waals surface area contributed by atoms with E-state index in [1.54, 1.807) is 6.07 Å². The van der Waals surface area contributed by atoms with Crippen LogP contribution in [-0.4, -0.2) is 9.55 Å². The fourth-order valence-corrected chi connectivity index (χ4v) is 2.22. The standard InChI is InChI=1S/C12H10BrN3/c1-8-12(13)16(9(2)15-8)11-6-4-3-5-10(11)7-14/h3-6H,1-2H3. The molecule has 0 radical (unpaired) electrons. The number of hydrogen-bond acceptors (Lipinski definition) is 2. The molecule has 3 nitrogen and oxygen atoms in total.